The van der Waals surface area contributed by atoms with Crippen molar-refractivity contribution >= 4 is 0 Å². The number of unbranched alkanes of at least 4 members (excludes halogenated alkanes) is 1. The Morgan fingerprint density at radius 1 is 1.64 bits per heavy atom. The van der Waals surface area contributed by atoms with Crippen LogP contribution < -0.4 is 0 Å². The SMILES string of the molecule is C=CCCCN1CC(C)(O)C1. The predicted octanol–water partition coefficient (Wildman–Crippen LogP) is 1.02. The van der Waals surface area contributed by atoms with E-state index in [0.717, 1.165) is 26.1 Å². The number of allylic oxidation sites excluding steroid dienone is 1. The van der Waals surface area contributed by atoms with E-state index in [9.17, 15) is 5.11 Å². The van der Waals surface area contributed by atoms with E-state index in [1.54, 1.807) is 0 Å². The summed E-state index contributed by atoms with van der Waals surface area (Å²) in [6.07, 6.45) is 4.19. The molecule has 0 saturated carbocycles. The van der Waals surface area contributed by atoms with Crippen molar-refractivity contribution in [2.45, 2.75) is 25.4 Å². The van der Waals surface area contributed by atoms with E-state index < -0.39 is 5.60 Å². The molecule has 0 atom stereocenters. The van der Waals surface area contributed by atoms with Crippen molar-refractivity contribution in [2.24, 2.45) is 0 Å². The summed E-state index contributed by atoms with van der Waals surface area (Å²) in [4.78, 5) is 2.27. The van der Waals surface area contributed by atoms with Crippen LogP contribution in [0.25, 0.3) is 0 Å². The third-order valence-electron chi connectivity index (χ3n) is 2.01. The largest absolute Gasteiger partial charge is 0.388 e. The Bertz CT molecular complexity index is 134. The van der Waals surface area contributed by atoms with E-state index in [-0.39, 0.29) is 0 Å². The summed E-state index contributed by atoms with van der Waals surface area (Å²) in [5, 5.41) is 9.38. The van der Waals surface area contributed by atoms with E-state index in [0.29, 0.717) is 0 Å². The van der Waals surface area contributed by atoms with Gasteiger partial charge in [-0.1, -0.05) is 6.08 Å². The molecule has 0 radical (unpaired) electrons. The first kappa shape index (κ1) is 8.75. The number of likely N-dealkylation sites (tertiary alicyclic amines) is 1. The van der Waals surface area contributed by atoms with Crippen LogP contribution in [0.15, 0.2) is 12.7 Å². The fourth-order valence-electron chi connectivity index (χ4n) is 1.53. The topological polar surface area (TPSA) is 23.5 Å². The lowest BCUT2D eigenvalue weighted by Gasteiger charge is -2.44. The van der Waals surface area contributed by atoms with E-state index in [1.807, 2.05) is 13.0 Å². The number of rotatable bonds is 4. The van der Waals surface area contributed by atoms with Crippen LogP contribution in [0.5, 0.6) is 0 Å². The van der Waals surface area contributed by atoms with Crippen molar-refractivity contribution in [3.63, 3.8) is 0 Å². The van der Waals surface area contributed by atoms with Gasteiger partial charge in [0.2, 0.25) is 0 Å². The minimum atomic E-state index is -0.409. The molecule has 0 aliphatic carbocycles. The molecule has 0 spiro atoms. The smallest absolute Gasteiger partial charge is 0.0872 e. The molecular weight excluding hydrogens is 138 g/mol. The number of hydrogen-bond acceptors (Lipinski definition) is 2. The highest BCUT2D eigenvalue weighted by molar-refractivity contribution is 4.91. The Balaban J connectivity index is 2.00. The zero-order valence-electron chi connectivity index (χ0n) is 7.21. The summed E-state index contributed by atoms with van der Waals surface area (Å²) in [6, 6.07) is 0. The van der Waals surface area contributed by atoms with Gasteiger partial charge in [0, 0.05) is 13.1 Å². The molecule has 0 aromatic carbocycles. The van der Waals surface area contributed by atoms with Gasteiger partial charge in [-0.05, 0) is 26.3 Å². The van der Waals surface area contributed by atoms with Gasteiger partial charge in [0.25, 0.3) is 0 Å². The second-order valence-electron chi connectivity index (χ2n) is 3.64. The van der Waals surface area contributed by atoms with E-state index in [4.69, 9.17) is 0 Å². The highest BCUT2D eigenvalue weighted by atomic mass is 16.3. The molecular formula is C9H17NO. The monoisotopic (exact) mass is 155 g/mol. The molecule has 1 saturated heterocycles. The van der Waals surface area contributed by atoms with Gasteiger partial charge in [-0.25, -0.2) is 0 Å². The highest BCUT2D eigenvalue weighted by Crippen LogP contribution is 2.19. The van der Waals surface area contributed by atoms with Crippen LogP contribution in [0.1, 0.15) is 19.8 Å². The standard InChI is InChI=1S/C9H17NO/c1-3-4-5-6-10-7-9(2,11)8-10/h3,11H,1,4-8H2,2H3. The lowest BCUT2D eigenvalue weighted by molar-refractivity contribution is -0.0831. The number of aliphatic hydroxyl groups is 1. The van der Waals surface area contributed by atoms with Gasteiger partial charge >= 0.3 is 0 Å². The molecule has 64 valence electrons. The summed E-state index contributed by atoms with van der Waals surface area (Å²) >= 11 is 0. The molecule has 1 rings (SSSR count). The van der Waals surface area contributed by atoms with Crippen LogP contribution in [0.3, 0.4) is 0 Å². The average Bonchev–Trinajstić information content (AvgIpc) is 1.84. The molecule has 2 nitrogen and oxygen atoms in total. The Labute approximate surface area is 68.5 Å². The summed E-state index contributed by atoms with van der Waals surface area (Å²) in [7, 11) is 0. The molecule has 0 bridgehead atoms. The van der Waals surface area contributed by atoms with Crippen LogP contribution in [0, 0.1) is 0 Å². The van der Waals surface area contributed by atoms with Crippen LogP contribution in [0.2, 0.25) is 0 Å². The van der Waals surface area contributed by atoms with E-state index >= 15 is 0 Å². The fraction of sp³-hybridized carbons (Fsp3) is 0.778. The summed E-state index contributed by atoms with van der Waals surface area (Å²) in [6.45, 7) is 8.32. The molecule has 0 amide bonds. The first-order valence-corrected chi connectivity index (χ1v) is 4.20. The third-order valence-corrected chi connectivity index (χ3v) is 2.01. The van der Waals surface area contributed by atoms with Crippen LogP contribution in [0.4, 0.5) is 0 Å². The minimum Gasteiger partial charge on any atom is -0.388 e. The molecule has 0 aromatic rings. The van der Waals surface area contributed by atoms with Gasteiger partial charge in [0.05, 0.1) is 5.60 Å². The highest BCUT2D eigenvalue weighted by Gasteiger charge is 2.35. The lowest BCUT2D eigenvalue weighted by atomic mass is 9.97. The average molecular weight is 155 g/mol. The number of nitrogens with zero attached hydrogens (tertiary/aromatic N) is 1. The Morgan fingerprint density at radius 2 is 2.27 bits per heavy atom. The first-order valence-electron chi connectivity index (χ1n) is 4.20. The quantitative estimate of drug-likeness (QED) is 0.484. The molecule has 0 aromatic heterocycles. The normalized spacial score (nSPS) is 22.7. The van der Waals surface area contributed by atoms with Gasteiger partial charge in [-0.2, -0.15) is 0 Å². The summed E-state index contributed by atoms with van der Waals surface area (Å²) in [5.41, 5.74) is -0.409. The zero-order chi connectivity index (χ0) is 8.32. The fourth-order valence-corrected chi connectivity index (χ4v) is 1.53. The molecule has 1 heterocycles. The van der Waals surface area contributed by atoms with Crippen molar-refractivity contribution in [3.05, 3.63) is 12.7 Å². The van der Waals surface area contributed by atoms with Crippen molar-refractivity contribution < 1.29 is 5.11 Å². The molecule has 2 heteroatoms. The molecule has 1 fully saturated rings. The first-order chi connectivity index (χ1) is 5.14. The predicted molar refractivity (Wildman–Crippen MR) is 46.5 cm³/mol. The van der Waals surface area contributed by atoms with Gasteiger partial charge in [0.1, 0.15) is 0 Å². The summed E-state index contributed by atoms with van der Waals surface area (Å²) in [5.74, 6) is 0. The van der Waals surface area contributed by atoms with Crippen LogP contribution in [-0.4, -0.2) is 35.2 Å². The van der Waals surface area contributed by atoms with Crippen molar-refractivity contribution in [2.75, 3.05) is 19.6 Å². The van der Waals surface area contributed by atoms with Crippen LogP contribution >= 0.6 is 0 Å². The van der Waals surface area contributed by atoms with Crippen LogP contribution in [-0.2, 0) is 0 Å². The molecule has 11 heavy (non-hydrogen) atoms. The molecule has 1 N–H and O–H groups in total. The molecule has 1 aliphatic heterocycles. The molecule has 0 unspecified atom stereocenters. The maximum absolute atomic E-state index is 9.38. The summed E-state index contributed by atoms with van der Waals surface area (Å²) < 4.78 is 0. The molecule has 1 aliphatic rings. The number of β-amino-alcohol motifs (C(OH)–C–C–N with tert-alkyl or cyclic N) is 1. The third kappa shape index (κ3) is 2.64. The second kappa shape index (κ2) is 3.37. The van der Waals surface area contributed by atoms with Gasteiger partial charge in [-0.3, -0.25) is 4.90 Å². The van der Waals surface area contributed by atoms with E-state index in [1.165, 1.54) is 6.42 Å². The van der Waals surface area contributed by atoms with Gasteiger partial charge in [0.15, 0.2) is 0 Å². The van der Waals surface area contributed by atoms with Gasteiger partial charge < -0.3 is 5.11 Å². The van der Waals surface area contributed by atoms with E-state index in [2.05, 4.69) is 11.5 Å². The minimum absolute atomic E-state index is 0.409. The van der Waals surface area contributed by atoms with Gasteiger partial charge in [-0.15, -0.1) is 6.58 Å². The van der Waals surface area contributed by atoms with Crippen molar-refractivity contribution in [1.82, 2.24) is 4.90 Å². The van der Waals surface area contributed by atoms with Crippen molar-refractivity contribution in [3.8, 4) is 0 Å². The zero-order valence-corrected chi connectivity index (χ0v) is 7.21. The van der Waals surface area contributed by atoms with Crippen molar-refractivity contribution in [1.29, 1.82) is 0 Å². The maximum atomic E-state index is 9.38. The Hall–Kier alpha value is -0.340. The maximum Gasteiger partial charge on any atom is 0.0872 e. The lowest BCUT2D eigenvalue weighted by Crippen LogP contribution is -2.59. The number of hydrogen-bond donors (Lipinski definition) is 1. The second-order valence-corrected chi connectivity index (χ2v) is 3.64. The Morgan fingerprint density at radius 3 is 2.73 bits per heavy atom. The Kier molecular flexibility index (Phi) is 2.68.